The number of hydrazone groups is 2. The average Bonchev–Trinajstić information content (AvgIpc) is 2.73. The van der Waals surface area contributed by atoms with E-state index < -0.39 is 21.7 Å². The quantitative estimate of drug-likeness (QED) is 0.290. The smallest absolute Gasteiger partial charge is 0.273 e. The van der Waals surface area contributed by atoms with Crippen LogP contribution in [0.25, 0.3) is 0 Å². The van der Waals surface area contributed by atoms with E-state index >= 15 is 0 Å². The van der Waals surface area contributed by atoms with Crippen LogP contribution < -0.4 is 10.9 Å². The second kappa shape index (κ2) is 12.2. The van der Waals surface area contributed by atoms with Crippen LogP contribution in [0.4, 0.5) is 11.4 Å². The Labute approximate surface area is 196 Å². The first kappa shape index (κ1) is 25.4. The Hall–Kier alpha value is -3.90. The molecule has 12 nitrogen and oxygen atoms in total. The van der Waals surface area contributed by atoms with Crippen LogP contribution in [-0.4, -0.2) is 34.1 Å². The highest BCUT2D eigenvalue weighted by Gasteiger charge is 2.13. The Balaban J connectivity index is 1.78. The molecule has 172 valence electrons. The number of rotatable bonds is 10. The lowest BCUT2D eigenvalue weighted by Gasteiger charge is -2.01. The van der Waals surface area contributed by atoms with Crippen LogP contribution in [0.3, 0.4) is 0 Å². The molecule has 2 aromatic carbocycles. The van der Waals surface area contributed by atoms with E-state index in [1.165, 1.54) is 36.4 Å². The molecule has 0 fully saturated rings. The molecular formula is C19H16Cl2N6O6. The van der Waals surface area contributed by atoms with Gasteiger partial charge in [-0.15, -0.1) is 0 Å². The molecule has 33 heavy (non-hydrogen) atoms. The summed E-state index contributed by atoms with van der Waals surface area (Å²) in [5.41, 5.74) is 4.19. The predicted molar refractivity (Wildman–Crippen MR) is 122 cm³/mol. The minimum absolute atomic E-state index is 0.0497. The molecule has 2 N–H and O–H groups in total. The molecule has 0 saturated carbocycles. The molecule has 0 aliphatic rings. The normalized spacial score (nSPS) is 11.0. The van der Waals surface area contributed by atoms with Gasteiger partial charge in [0, 0.05) is 35.0 Å². The number of carbonyl (C=O) groups excluding carboxylic acids is 2. The zero-order chi connectivity index (χ0) is 24.4. The van der Waals surface area contributed by atoms with E-state index in [9.17, 15) is 29.8 Å². The maximum atomic E-state index is 11.8. The van der Waals surface area contributed by atoms with E-state index in [2.05, 4.69) is 21.1 Å². The maximum Gasteiger partial charge on any atom is 0.278 e. The number of hydrogen-bond donors (Lipinski definition) is 2. The molecule has 2 rings (SSSR count). The third-order valence-electron chi connectivity index (χ3n) is 3.97. The zero-order valence-corrected chi connectivity index (χ0v) is 18.2. The third kappa shape index (κ3) is 8.27. The van der Waals surface area contributed by atoms with Gasteiger partial charge in [0.25, 0.3) is 11.4 Å². The summed E-state index contributed by atoms with van der Waals surface area (Å²) in [6.45, 7) is 0. The summed E-state index contributed by atoms with van der Waals surface area (Å²) in [5, 5.41) is 29.8. The van der Waals surface area contributed by atoms with Crippen LogP contribution in [0.1, 0.15) is 30.4 Å². The Morgan fingerprint density at radius 1 is 0.818 bits per heavy atom. The average molecular weight is 495 g/mol. The van der Waals surface area contributed by atoms with E-state index in [1.807, 2.05) is 0 Å². The third-order valence-corrected chi connectivity index (χ3v) is 4.44. The van der Waals surface area contributed by atoms with Crippen molar-refractivity contribution in [1.82, 2.24) is 10.9 Å². The van der Waals surface area contributed by atoms with Crippen LogP contribution in [0.15, 0.2) is 46.6 Å². The highest BCUT2D eigenvalue weighted by atomic mass is 35.5. The van der Waals surface area contributed by atoms with Crippen molar-refractivity contribution in [2.45, 2.75) is 19.3 Å². The first-order valence-electron chi connectivity index (χ1n) is 9.19. The van der Waals surface area contributed by atoms with Crippen molar-refractivity contribution in [3.05, 3.63) is 77.8 Å². The molecule has 14 heteroatoms. The summed E-state index contributed by atoms with van der Waals surface area (Å²) < 4.78 is 0. The van der Waals surface area contributed by atoms with E-state index in [-0.39, 0.29) is 51.8 Å². The standard InChI is InChI=1S/C19H16Cl2N6O6/c20-14-4-6-16(26(30)31)12(8-14)10-22-24-18(28)2-1-3-19(29)25-23-11-13-9-15(21)5-7-17(13)27(32)33/h4-11H,1-3H2,(H,24,28)(H,25,29)/b22-10+,23-11+. The monoisotopic (exact) mass is 494 g/mol. The number of nitrogens with one attached hydrogen (secondary N) is 2. The Morgan fingerprint density at radius 3 is 1.58 bits per heavy atom. The van der Waals surface area contributed by atoms with Gasteiger partial charge < -0.3 is 0 Å². The SMILES string of the molecule is O=C(CCCC(=O)N/N=C/c1cc(Cl)ccc1[N+](=O)[O-])N/N=C/c1cc(Cl)ccc1[N+](=O)[O-]. The first-order chi connectivity index (χ1) is 15.7. The number of benzene rings is 2. The largest absolute Gasteiger partial charge is 0.278 e. The summed E-state index contributed by atoms with van der Waals surface area (Å²) in [7, 11) is 0. The van der Waals surface area contributed by atoms with Crippen LogP contribution >= 0.6 is 23.2 Å². The molecular weight excluding hydrogens is 479 g/mol. The fourth-order valence-corrected chi connectivity index (χ4v) is 2.82. The van der Waals surface area contributed by atoms with Gasteiger partial charge in [0.15, 0.2) is 0 Å². The van der Waals surface area contributed by atoms with Crippen molar-refractivity contribution in [3.63, 3.8) is 0 Å². The predicted octanol–water partition coefficient (Wildman–Crippen LogP) is 3.58. The van der Waals surface area contributed by atoms with Gasteiger partial charge in [0.2, 0.25) is 11.8 Å². The molecule has 0 radical (unpaired) electrons. The van der Waals surface area contributed by atoms with E-state index in [0.29, 0.717) is 0 Å². The lowest BCUT2D eigenvalue weighted by Crippen LogP contribution is -2.20. The number of nitro groups is 2. The van der Waals surface area contributed by atoms with Crippen molar-refractivity contribution in [3.8, 4) is 0 Å². The summed E-state index contributed by atoms with van der Waals surface area (Å²) in [4.78, 5) is 44.4. The van der Waals surface area contributed by atoms with Crippen molar-refractivity contribution >= 4 is 58.8 Å². The molecule has 0 spiro atoms. The van der Waals surface area contributed by atoms with Crippen LogP contribution in [0.2, 0.25) is 10.0 Å². The fourth-order valence-electron chi connectivity index (χ4n) is 2.46. The van der Waals surface area contributed by atoms with Gasteiger partial charge in [-0.05, 0) is 30.7 Å². The maximum absolute atomic E-state index is 11.8. The number of hydrogen-bond acceptors (Lipinski definition) is 8. The second-order valence-electron chi connectivity index (χ2n) is 6.36. The van der Waals surface area contributed by atoms with E-state index in [1.54, 1.807) is 0 Å². The molecule has 2 aromatic rings. The molecule has 0 heterocycles. The van der Waals surface area contributed by atoms with Gasteiger partial charge in [-0.2, -0.15) is 10.2 Å². The second-order valence-corrected chi connectivity index (χ2v) is 7.23. The number of amides is 2. The summed E-state index contributed by atoms with van der Waals surface area (Å²) in [6.07, 6.45) is 2.26. The van der Waals surface area contributed by atoms with Gasteiger partial charge in [0.1, 0.15) is 0 Å². The highest BCUT2D eigenvalue weighted by Crippen LogP contribution is 2.21. The molecule has 0 aliphatic heterocycles. The van der Waals surface area contributed by atoms with Gasteiger partial charge >= 0.3 is 0 Å². The summed E-state index contributed by atoms with van der Waals surface area (Å²) in [5.74, 6) is -1.02. The highest BCUT2D eigenvalue weighted by molar-refractivity contribution is 6.31. The van der Waals surface area contributed by atoms with Gasteiger partial charge in [0.05, 0.1) is 33.4 Å². The molecule has 0 aromatic heterocycles. The first-order valence-corrected chi connectivity index (χ1v) is 9.94. The fraction of sp³-hybridized carbons (Fsp3) is 0.158. The Morgan fingerprint density at radius 2 is 1.21 bits per heavy atom. The molecule has 0 saturated heterocycles. The van der Waals surface area contributed by atoms with Gasteiger partial charge in [-0.25, -0.2) is 10.9 Å². The van der Waals surface area contributed by atoms with Gasteiger partial charge in [-0.1, -0.05) is 23.2 Å². The van der Waals surface area contributed by atoms with Crippen LogP contribution in [0.5, 0.6) is 0 Å². The Bertz CT molecular complexity index is 1050. The molecule has 0 aliphatic carbocycles. The van der Waals surface area contributed by atoms with Crippen LogP contribution in [-0.2, 0) is 9.59 Å². The van der Waals surface area contributed by atoms with Crippen molar-refractivity contribution in [2.24, 2.45) is 10.2 Å². The van der Waals surface area contributed by atoms with Crippen molar-refractivity contribution in [2.75, 3.05) is 0 Å². The Kier molecular flexibility index (Phi) is 9.39. The van der Waals surface area contributed by atoms with Crippen molar-refractivity contribution in [1.29, 1.82) is 0 Å². The molecule has 0 bridgehead atoms. The number of carbonyl (C=O) groups is 2. The van der Waals surface area contributed by atoms with E-state index in [4.69, 9.17) is 23.2 Å². The minimum atomic E-state index is -0.606. The molecule has 2 amide bonds. The minimum Gasteiger partial charge on any atom is -0.273 e. The zero-order valence-electron chi connectivity index (χ0n) is 16.7. The lowest BCUT2D eigenvalue weighted by molar-refractivity contribution is -0.385. The summed E-state index contributed by atoms with van der Waals surface area (Å²) >= 11 is 11.6. The number of nitro benzene ring substituents is 2. The number of nitrogens with zero attached hydrogens (tertiary/aromatic N) is 4. The van der Waals surface area contributed by atoms with Crippen molar-refractivity contribution < 1.29 is 19.4 Å². The number of halogens is 2. The lowest BCUT2D eigenvalue weighted by atomic mass is 10.2. The summed E-state index contributed by atoms with van der Waals surface area (Å²) in [6, 6.07) is 7.83. The van der Waals surface area contributed by atoms with Gasteiger partial charge in [-0.3, -0.25) is 29.8 Å². The van der Waals surface area contributed by atoms with E-state index in [0.717, 1.165) is 12.4 Å². The van der Waals surface area contributed by atoms with Crippen LogP contribution in [0, 0.1) is 20.2 Å². The molecule has 0 atom stereocenters. The topological polar surface area (TPSA) is 169 Å². The molecule has 0 unspecified atom stereocenters.